The van der Waals surface area contributed by atoms with E-state index >= 15 is 8.78 Å². The van der Waals surface area contributed by atoms with Gasteiger partial charge in [-0.1, -0.05) is 19.9 Å². The second kappa shape index (κ2) is 12.5. The molecule has 0 spiro atoms. The number of halogens is 2. The average molecular weight is 657 g/mol. The monoisotopic (exact) mass is 656 g/mol. The van der Waals surface area contributed by atoms with Crippen LogP contribution in [-0.2, 0) is 11.2 Å². The van der Waals surface area contributed by atoms with Crippen LogP contribution in [0, 0.1) is 23.0 Å². The molecular weight excluding hydrogens is 618 g/mol. The molecule has 2 aliphatic heterocycles. The van der Waals surface area contributed by atoms with E-state index in [0.717, 1.165) is 5.56 Å². The van der Waals surface area contributed by atoms with Gasteiger partial charge in [-0.3, -0.25) is 14.3 Å². The first-order valence-electron chi connectivity index (χ1n) is 16.1. The van der Waals surface area contributed by atoms with Crippen LogP contribution >= 0.6 is 0 Å². The summed E-state index contributed by atoms with van der Waals surface area (Å²) in [4.78, 5) is 40.4. The molecule has 0 aliphatic carbocycles. The van der Waals surface area contributed by atoms with Gasteiger partial charge >= 0.3 is 6.09 Å². The summed E-state index contributed by atoms with van der Waals surface area (Å²) in [6.45, 7) is 12.0. The normalized spacial score (nSPS) is 16.5. The molecular formula is C36H38F2N6O4. The number of rotatable bonds is 2. The van der Waals surface area contributed by atoms with Crippen LogP contribution < -0.4 is 15.2 Å². The Morgan fingerprint density at radius 1 is 1.15 bits per heavy atom. The van der Waals surface area contributed by atoms with Crippen molar-refractivity contribution in [1.82, 2.24) is 19.4 Å². The Labute approximate surface area is 277 Å². The van der Waals surface area contributed by atoms with Gasteiger partial charge in [-0.05, 0) is 76.3 Å². The highest BCUT2D eigenvalue weighted by atomic mass is 19.1. The summed E-state index contributed by atoms with van der Waals surface area (Å²) in [5.74, 6) is -1.57. The zero-order chi connectivity index (χ0) is 34.5. The fourth-order valence-corrected chi connectivity index (χ4v) is 6.53. The summed E-state index contributed by atoms with van der Waals surface area (Å²) in [7, 11) is 0. The maximum atomic E-state index is 16.4. The highest BCUT2D eigenvalue weighted by Crippen LogP contribution is 2.39. The molecule has 3 aromatic heterocycles. The van der Waals surface area contributed by atoms with E-state index in [4.69, 9.17) is 14.5 Å². The van der Waals surface area contributed by atoms with Gasteiger partial charge < -0.3 is 19.3 Å². The lowest BCUT2D eigenvalue weighted by Crippen LogP contribution is -2.55. The van der Waals surface area contributed by atoms with Gasteiger partial charge in [0.05, 0.1) is 29.2 Å². The Morgan fingerprint density at radius 2 is 1.92 bits per heavy atom. The fourth-order valence-electron chi connectivity index (χ4n) is 6.53. The topological polar surface area (TPSA) is 114 Å². The molecule has 0 unspecified atom stereocenters. The Hall–Kier alpha value is -5.05. The van der Waals surface area contributed by atoms with Crippen molar-refractivity contribution in [2.75, 3.05) is 31.1 Å². The maximum Gasteiger partial charge on any atom is 0.410 e. The molecule has 1 aromatic carbocycles. The summed E-state index contributed by atoms with van der Waals surface area (Å²) in [6, 6.07) is 9.01. The van der Waals surface area contributed by atoms with E-state index in [2.05, 4.69) is 11.1 Å². The summed E-state index contributed by atoms with van der Waals surface area (Å²) < 4.78 is 44.8. The number of piperazine rings is 1. The van der Waals surface area contributed by atoms with Crippen molar-refractivity contribution in [2.45, 2.75) is 71.9 Å². The number of carbonyl (C=O) groups is 1. The first-order chi connectivity index (χ1) is 22.8. The Morgan fingerprint density at radius 3 is 2.60 bits per heavy atom. The van der Waals surface area contributed by atoms with E-state index in [1.807, 2.05) is 31.7 Å². The number of aromatic nitrogens is 3. The quantitative estimate of drug-likeness (QED) is 0.241. The van der Waals surface area contributed by atoms with Gasteiger partial charge in [-0.2, -0.15) is 5.26 Å². The molecule has 1 atom stereocenters. The second-order valence-electron chi connectivity index (χ2n) is 13.6. The zero-order valence-electron chi connectivity index (χ0n) is 27.9. The third-order valence-electron chi connectivity index (χ3n) is 8.62. The minimum atomic E-state index is -0.847. The van der Waals surface area contributed by atoms with Crippen molar-refractivity contribution < 1.29 is 23.0 Å². The third kappa shape index (κ3) is 5.82. The number of pyridine rings is 3. The van der Waals surface area contributed by atoms with Crippen molar-refractivity contribution in [1.29, 1.82) is 5.26 Å². The summed E-state index contributed by atoms with van der Waals surface area (Å²) in [5, 5.41) is 10.8. The van der Waals surface area contributed by atoms with Crippen molar-refractivity contribution in [3.63, 3.8) is 0 Å². The van der Waals surface area contributed by atoms with Gasteiger partial charge in [0.2, 0.25) is 0 Å². The molecule has 10 nitrogen and oxygen atoms in total. The van der Waals surface area contributed by atoms with E-state index in [1.165, 1.54) is 22.8 Å². The van der Waals surface area contributed by atoms with Gasteiger partial charge in [-0.25, -0.2) is 18.6 Å². The van der Waals surface area contributed by atoms with Crippen LogP contribution in [-0.4, -0.2) is 63.4 Å². The van der Waals surface area contributed by atoms with Crippen LogP contribution in [0.15, 0.2) is 41.3 Å². The summed E-state index contributed by atoms with van der Waals surface area (Å²) >= 11 is 0. The van der Waals surface area contributed by atoms with E-state index in [0.29, 0.717) is 24.2 Å². The molecule has 12 heteroatoms. The van der Waals surface area contributed by atoms with Gasteiger partial charge in [0.1, 0.15) is 34.5 Å². The number of aryl methyl sites for hydroxylation is 1. The van der Waals surface area contributed by atoms with Crippen molar-refractivity contribution >= 4 is 22.8 Å². The minimum Gasteiger partial charge on any atom is -0.493 e. The van der Waals surface area contributed by atoms with Gasteiger partial charge in [-0.15, -0.1) is 0 Å². The molecule has 5 heterocycles. The molecule has 6 rings (SSSR count). The van der Waals surface area contributed by atoms with Crippen molar-refractivity contribution in [2.24, 2.45) is 0 Å². The third-order valence-corrected chi connectivity index (χ3v) is 8.62. The first kappa shape index (κ1) is 32.9. The highest BCUT2D eigenvalue weighted by molar-refractivity contribution is 5.96. The van der Waals surface area contributed by atoms with Crippen molar-refractivity contribution in [3.05, 3.63) is 75.3 Å². The number of benzene rings is 1. The Bertz CT molecular complexity index is 2030. The van der Waals surface area contributed by atoms with Crippen LogP contribution in [0.3, 0.4) is 0 Å². The van der Waals surface area contributed by atoms with E-state index < -0.39 is 34.9 Å². The molecule has 1 fully saturated rings. The van der Waals surface area contributed by atoms with Gasteiger partial charge in [0.25, 0.3) is 5.56 Å². The smallest absolute Gasteiger partial charge is 0.410 e. The molecule has 0 radical (unpaired) electrons. The highest BCUT2D eigenvalue weighted by Gasteiger charge is 2.35. The number of carbonyl (C=O) groups excluding carboxylic acids is 1. The van der Waals surface area contributed by atoms with Crippen LogP contribution in [0.25, 0.3) is 28.0 Å². The van der Waals surface area contributed by atoms with Crippen LogP contribution in [0.4, 0.5) is 19.3 Å². The van der Waals surface area contributed by atoms with Crippen LogP contribution in [0.5, 0.6) is 5.75 Å². The minimum absolute atomic E-state index is 0.0538. The van der Waals surface area contributed by atoms with Gasteiger partial charge in [0.15, 0.2) is 11.5 Å². The lowest BCUT2D eigenvalue weighted by atomic mass is 9.99. The predicted molar refractivity (Wildman–Crippen MR) is 178 cm³/mol. The lowest BCUT2D eigenvalue weighted by Gasteiger charge is -2.42. The largest absolute Gasteiger partial charge is 0.493 e. The molecule has 1 saturated heterocycles. The van der Waals surface area contributed by atoms with Crippen LogP contribution in [0.2, 0.25) is 0 Å². The number of hydrogen-bond acceptors (Lipinski definition) is 8. The fraction of sp³-hybridized carbons (Fsp3) is 0.417. The van der Waals surface area contributed by atoms with Crippen LogP contribution in [0.1, 0.15) is 70.7 Å². The maximum absolute atomic E-state index is 16.4. The summed E-state index contributed by atoms with van der Waals surface area (Å²) in [5.41, 5.74) is 0.106. The van der Waals surface area contributed by atoms with E-state index in [9.17, 15) is 14.9 Å². The molecule has 1 amide bonds. The van der Waals surface area contributed by atoms with Gasteiger partial charge in [0, 0.05) is 37.3 Å². The van der Waals surface area contributed by atoms with E-state index in [-0.39, 0.29) is 71.5 Å². The number of nitriles is 1. The van der Waals surface area contributed by atoms with Crippen molar-refractivity contribution in [3.8, 4) is 28.8 Å². The number of hydrogen-bond donors (Lipinski definition) is 0. The van der Waals surface area contributed by atoms with E-state index in [1.54, 1.807) is 37.9 Å². The first-order valence-corrected chi connectivity index (χ1v) is 16.1. The molecule has 250 valence electrons. The number of fused-ring (bicyclic) bond motifs is 5. The molecule has 2 bridgehead atoms. The second-order valence-corrected chi connectivity index (χ2v) is 13.6. The molecule has 0 saturated carbocycles. The number of nitrogens with zero attached hydrogens (tertiary/aromatic N) is 6. The lowest BCUT2D eigenvalue weighted by molar-refractivity contribution is 0.0219. The molecule has 2 aliphatic rings. The SMILES string of the molecule is CC(C)c1nccc2c1-n1c(=O)c(C#N)c(N3CCN(C(=O)OC(C)(C)C)C[C@@H]3C)c3cc(F)c(nc31)-c1c(F)cccc1OCCC2. The molecule has 48 heavy (non-hydrogen) atoms. The zero-order valence-corrected chi connectivity index (χ0v) is 27.9. The Kier molecular flexibility index (Phi) is 8.58. The summed E-state index contributed by atoms with van der Waals surface area (Å²) in [6.07, 6.45) is 2.21. The standard InChI is InChI=1S/C36H38F2N6O4/c1-20(2)29-31-22(12-13-40-29)9-8-16-47-27-11-7-10-25(37)28(27)30-26(38)17-23-32(24(18-39)34(45)44(31)33(23)41-30)43-15-14-42(19-21(43)3)35(46)48-36(4,5)6/h7,10-13,17,20-21H,8-9,14-16,19H2,1-6H3/t21-/m0/s1. The number of anilines is 1. The number of ether oxygens (including phenoxy) is 2. The predicted octanol–water partition coefficient (Wildman–Crippen LogP) is 6.49. The molecule has 4 aromatic rings. The average Bonchev–Trinajstić information content (AvgIpc) is 3.01. The Balaban J connectivity index is 1.66. The number of amides is 1. The molecule has 0 N–H and O–H groups in total.